The molecule has 0 atom stereocenters. The Balaban J connectivity index is 2.23. The number of phenolic OH excluding ortho intramolecular Hbond substituents is 1. The van der Waals surface area contributed by atoms with Crippen LogP contribution in [0.2, 0.25) is 0 Å². The number of hydrogen-bond acceptors (Lipinski definition) is 3. The van der Waals surface area contributed by atoms with Crippen LogP contribution in [0.3, 0.4) is 0 Å². The standard InChI is InChI=1S/C19H29NO3/c1-19(2,3)12-8-6-5-7-9-18(22)20-14-15-10-11-16(21)17(13-15)23-4/h8,10-13,21H,5-7,9,14H2,1-4H3,(H,20,22). The Morgan fingerprint density at radius 2 is 2.04 bits per heavy atom. The Hall–Kier alpha value is -1.97. The monoisotopic (exact) mass is 319 g/mol. The van der Waals surface area contributed by atoms with Crippen LogP contribution in [0.25, 0.3) is 0 Å². The van der Waals surface area contributed by atoms with E-state index in [4.69, 9.17) is 4.74 Å². The summed E-state index contributed by atoms with van der Waals surface area (Å²) in [4.78, 5) is 11.8. The van der Waals surface area contributed by atoms with Crippen molar-refractivity contribution in [1.82, 2.24) is 5.32 Å². The summed E-state index contributed by atoms with van der Waals surface area (Å²) in [5.41, 5.74) is 1.13. The summed E-state index contributed by atoms with van der Waals surface area (Å²) in [6.45, 7) is 6.97. The SMILES string of the molecule is COc1cc(CNC(=O)CCCCC=CC(C)(C)C)ccc1O. The number of benzene rings is 1. The Kier molecular flexibility index (Phi) is 7.66. The first kappa shape index (κ1) is 19.1. The molecule has 4 nitrogen and oxygen atoms in total. The third-order valence-electron chi connectivity index (χ3n) is 3.38. The first-order chi connectivity index (χ1) is 10.8. The third kappa shape index (κ3) is 8.29. The van der Waals surface area contributed by atoms with Gasteiger partial charge in [0.25, 0.3) is 0 Å². The van der Waals surface area contributed by atoms with Crippen LogP contribution in [0.4, 0.5) is 0 Å². The second-order valence-electron chi connectivity index (χ2n) is 6.80. The number of amides is 1. The molecule has 1 amide bonds. The molecule has 0 saturated heterocycles. The molecule has 0 aromatic heterocycles. The molecule has 0 aliphatic carbocycles. The molecular formula is C19H29NO3. The van der Waals surface area contributed by atoms with Crippen molar-refractivity contribution in [3.05, 3.63) is 35.9 Å². The Bertz CT molecular complexity index is 530. The Morgan fingerprint density at radius 1 is 1.30 bits per heavy atom. The van der Waals surface area contributed by atoms with Crippen LogP contribution in [0, 0.1) is 5.41 Å². The molecule has 4 heteroatoms. The topological polar surface area (TPSA) is 58.6 Å². The number of ether oxygens (including phenoxy) is 1. The minimum Gasteiger partial charge on any atom is -0.504 e. The quantitative estimate of drug-likeness (QED) is 0.558. The third-order valence-corrected chi connectivity index (χ3v) is 3.38. The average Bonchev–Trinajstić information content (AvgIpc) is 2.48. The van der Waals surface area contributed by atoms with E-state index in [1.165, 1.54) is 7.11 Å². The summed E-state index contributed by atoms with van der Waals surface area (Å²) in [5.74, 6) is 0.574. The van der Waals surface area contributed by atoms with Gasteiger partial charge in [0.05, 0.1) is 7.11 Å². The number of rotatable bonds is 8. The van der Waals surface area contributed by atoms with Crippen LogP contribution in [0.1, 0.15) is 52.0 Å². The number of phenols is 1. The van der Waals surface area contributed by atoms with Gasteiger partial charge in [-0.15, -0.1) is 0 Å². The van der Waals surface area contributed by atoms with Gasteiger partial charge in [-0.1, -0.05) is 39.0 Å². The first-order valence-corrected chi connectivity index (χ1v) is 8.12. The fourth-order valence-corrected chi connectivity index (χ4v) is 2.11. The highest BCUT2D eigenvalue weighted by Gasteiger charge is 2.05. The normalized spacial score (nSPS) is 11.7. The van der Waals surface area contributed by atoms with Crippen molar-refractivity contribution in [3.63, 3.8) is 0 Å². The van der Waals surface area contributed by atoms with Gasteiger partial charge in [-0.25, -0.2) is 0 Å². The maximum atomic E-state index is 11.8. The van der Waals surface area contributed by atoms with Gasteiger partial charge in [0.1, 0.15) is 0 Å². The molecule has 1 aromatic rings. The van der Waals surface area contributed by atoms with E-state index < -0.39 is 0 Å². The van der Waals surface area contributed by atoms with E-state index in [0.717, 1.165) is 24.8 Å². The van der Waals surface area contributed by atoms with E-state index in [0.29, 0.717) is 18.7 Å². The minimum atomic E-state index is 0.0526. The molecule has 0 aliphatic heterocycles. The highest BCUT2D eigenvalue weighted by atomic mass is 16.5. The van der Waals surface area contributed by atoms with Gasteiger partial charge in [-0.05, 0) is 42.4 Å². The summed E-state index contributed by atoms with van der Waals surface area (Å²) in [5, 5.41) is 12.4. The lowest BCUT2D eigenvalue weighted by molar-refractivity contribution is -0.121. The zero-order chi connectivity index (χ0) is 17.3. The molecule has 2 N–H and O–H groups in total. The number of unbranched alkanes of at least 4 members (excludes halogenated alkanes) is 2. The molecule has 0 bridgehead atoms. The van der Waals surface area contributed by atoms with Gasteiger partial charge in [0.2, 0.25) is 5.91 Å². The highest BCUT2D eigenvalue weighted by molar-refractivity contribution is 5.75. The molecular weight excluding hydrogens is 290 g/mol. The minimum absolute atomic E-state index is 0.0526. The van der Waals surface area contributed by atoms with Crippen molar-refractivity contribution >= 4 is 5.91 Å². The molecule has 128 valence electrons. The van der Waals surface area contributed by atoms with E-state index in [1.807, 2.05) is 0 Å². The second-order valence-corrected chi connectivity index (χ2v) is 6.80. The number of nitrogens with one attached hydrogen (secondary N) is 1. The average molecular weight is 319 g/mol. The van der Waals surface area contributed by atoms with Gasteiger partial charge < -0.3 is 15.2 Å². The predicted octanol–water partition coefficient (Wildman–Crippen LogP) is 4.18. The van der Waals surface area contributed by atoms with Gasteiger partial charge in [-0.3, -0.25) is 4.79 Å². The Morgan fingerprint density at radius 3 is 2.70 bits per heavy atom. The summed E-state index contributed by atoms with van der Waals surface area (Å²) >= 11 is 0. The zero-order valence-corrected chi connectivity index (χ0v) is 14.7. The molecule has 0 spiro atoms. The number of hydrogen-bond donors (Lipinski definition) is 2. The lowest BCUT2D eigenvalue weighted by Crippen LogP contribution is -2.22. The van der Waals surface area contributed by atoms with Crippen LogP contribution in [0.15, 0.2) is 30.4 Å². The maximum absolute atomic E-state index is 11.8. The van der Waals surface area contributed by atoms with Crippen LogP contribution in [-0.2, 0) is 11.3 Å². The number of methoxy groups -OCH3 is 1. The highest BCUT2D eigenvalue weighted by Crippen LogP contribution is 2.26. The maximum Gasteiger partial charge on any atom is 0.220 e. The fraction of sp³-hybridized carbons (Fsp3) is 0.526. The van der Waals surface area contributed by atoms with Crippen molar-refractivity contribution in [1.29, 1.82) is 0 Å². The van der Waals surface area contributed by atoms with Crippen LogP contribution in [0.5, 0.6) is 11.5 Å². The van der Waals surface area contributed by atoms with Gasteiger partial charge in [0, 0.05) is 13.0 Å². The summed E-state index contributed by atoms with van der Waals surface area (Å²) in [6.07, 6.45) is 7.87. The summed E-state index contributed by atoms with van der Waals surface area (Å²) in [6, 6.07) is 5.07. The zero-order valence-electron chi connectivity index (χ0n) is 14.7. The lowest BCUT2D eigenvalue weighted by atomic mass is 9.96. The van der Waals surface area contributed by atoms with E-state index in [2.05, 4.69) is 38.2 Å². The molecule has 0 unspecified atom stereocenters. The largest absolute Gasteiger partial charge is 0.504 e. The van der Waals surface area contributed by atoms with E-state index in [-0.39, 0.29) is 17.1 Å². The van der Waals surface area contributed by atoms with Crippen molar-refractivity contribution in [2.45, 2.75) is 53.0 Å². The van der Waals surface area contributed by atoms with Crippen molar-refractivity contribution < 1.29 is 14.6 Å². The molecule has 0 heterocycles. The molecule has 0 radical (unpaired) electrons. The predicted molar refractivity (Wildman–Crippen MR) is 93.6 cm³/mol. The number of aromatic hydroxyl groups is 1. The van der Waals surface area contributed by atoms with Gasteiger partial charge in [0.15, 0.2) is 11.5 Å². The molecule has 0 fully saturated rings. The van der Waals surface area contributed by atoms with Crippen molar-refractivity contribution in [3.8, 4) is 11.5 Å². The van der Waals surface area contributed by atoms with E-state index in [9.17, 15) is 9.90 Å². The first-order valence-electron chi connectivity index (χ1n) is 8.12. The van der Waals surface area contributed by atoms with Gasteiger partial charge >= 0.3 is 0 Å². The smallest absolute Gasteiger partial charge is 0.220 e. The number of carbonyl (C=O) groups is 1. The van der Waals surface area contributed by atoms with Crippen molar-refractivity contribution in [2.75, 3.05) is 7.11 Å². The van der Waals surface area contributed by atoms with E-state index in [1.54, 1.807) is 18.2 Å². The van der Waals surface area contributed by atoms with Crippen LogP contribution >= 0.6 is 0 Å². The Labute approximate surface area is 139 Å². The second kappa shape index (κ2) is 9.23. The summed E-state index contributed by atoms with van der Waals surface area (Å²) < 4.78 is 5.05. The number of allylic oxidation sites excluding steroid dienone is 2. The lowest BCUT2D eigenvalue weighted by Gasteiger charge is -2.10. The summed E-state index contributed by atoms with van der Waals surface area (Å²) in [7, 11) is 1.51. The van der Waals surface area contributed by atoms with Crippen LogP contribution < -0.4 is 10.1 Å². The molecule has 23 heavy (non-hydrogen) atoms. The number of carbonyl (C=O) groups excluding carboxylic acids is 1. The molecule has 1 rings (SSSR count). The molecule has 1 aromatic carbocycles. The molecule has 0 saturated carbocycles. The van der Waals surface area contributed by atoms with Crippen molar-refractivity contribution in [2.24, 2.45) is 5.41 Å². The van der Waals surface area contributed by atoms with Crippen LogP contribution in [-0.4, -0.2) is 18.1 Å². The molecule has 0 aliphatic rings. The van der Waals surface area contributed by atoms with E-state index >= 15 is 0 Å². The van der Waals surface area contributed by atoms with Gasteiger partial charge in [-0.2, -0.15) is 0 Å². The fourth-order valence-electron chi connectivity index (χ4n) is 2.11.